The highest BCUT2D eigenvalue weighted by Crippen LogP contribution is 2.23. The van der Waals surface area contributed by atoms with Crippen molar-refractivity contribution in [2.45, 2.75) is 20.8 Å². The third-order valence-corrected chi connectivity index (χ3v) is 5.24. The van der Waals surface area contributed by atoms with E-state index < -0.39 is 0 Å². The minimum atomic E-state index is -0.146. The lowest BCUT2D eigenvalue weighted by molar-refractivity contribution is 0.102. The molecule has 20 heavy (non-hydrogen) atoms. The normalized spacial score (nSPS) is 10.4. The van der Waals surface area contributed by atoms with E-state index in [2.05, 4.69) is 27.9 Å². The van der Waals surface area contributed by atoms with Gasteiger partial charge in [-0.15, -0.1) is 0 Å². The van der Waals surface area contributed by atoms with E-state index in [1.165, 1.54) is 3.57 Å². The van der Waals surface area contributed by atoms with Crippen LogP contribution < -0.4 is 5.32 Å². The fourth-order valence-electron chi connectivity index (χ4n) is 1.96. The molecule has 0 aromatic heterocycles. The van der Waals surface area contributed by atoms with Gasteiger partial charge in [-0.3, -0.25) is 4.79 Å². The van der Waals surface area contributed by atoms with Crippen molar-refractivity contribution in [1.82, 2.24) is 0 Å². The molecule has 0 spiro atoms. The Kier molecular flexibility index (Phi) is 4.70. The number of benzene rings is 2. The summed E-state index contributed by atoms with van der Waals surface area (Å²) in [6.07, 6.45) is 0. The molecule has 0 aliphatic carbocycles. The van der Waals surface area contributed by atoms with Crippen LogP contribution in [0.4, 0.5) is 5.69 Å². The van der Waals surface area contributed by atoms with Gasteiger partial charge in [0.15, 0.2) is 0 Å². The third kappa shape index (κ3) is 3.33. The summed E-state index contributed by atoms with van der Waals surface area (Å²) in [4.78, 5) is 12.2. The number of hydrogen-bond acceptors (Lipinski definition) is 1. The van der Waals surface area contributed by atoms with E-state index >= 15 is 0 Å². The van der Waals surface area contributed by atoms with Crippen LogP contribution in [-0.4, -0.2) is 5.91 Å². The zero-order chi connectivity index (χ0) is 14.9. The van der Waals surface area contributed by atoms with Crippen LogP contribution in [0.5, 0.6) is 0 Å². The summed E-state index contributed by atoms with van der Waals surface area (Å²) in [5.41, 5.74) is 4.64. The van der Waals surface area contributed by atoms with Crippen LogP contribution in [0.2, 0.25) is 5.02 Å². The second-order valence-corrected chi connectivity index (χ2v) is 6.33. The average molecular weight is 400 g/mol. The van der Waals surface area contributed by atoms with Crippen molar-refractivity contribution >= 4 is 45.8 Å². The molecular weight excluding hydrogens is 385 g/mol. The number of anilines is 1. The van der Waals surface area contributed by atoms with Gasteiger partial charge in [-0.25, -0.2) is 0 Å². The predicted molar refractivity (Wildman–Crippen MR) is 92.8 cm³/mol. The number of rotatable bonds is 2. The van der Waals surface area contributed by atoms with E-state index in [0.717, 1.165) is 22.4 Å². The molecule has 0 saturated carbocycles. The summed E-state index contributed by atoms with van der Waals surface area (Å²) in [5.74, 6) is -0.146. The summed E-state index contributed by atoms with van der Waals surface area (Å²) in [6, 6.07) is 9.27. The van der Waals surface area contributed by atoms with Crippen molar-refractivity contribution in [3.05, 3.63) is 61.2 Å². The number of aryl methyl sites for hydroxylation is 3. The van der Waals surface area contributed by atoms with Crippen LogP contribution in [0.1, 0.15) is 27.0 Å². The smallest absolute Gasteiger partial charge is 0.255 e. The second kappa shape index (κ2) is 6.14. The van der Waals surface area contributed by atoms with Gasteiger partial charge in [0.1, 0.15) is 0 Å². The Labute approximate surface area is 137 Å². The van der Waals surface area contributed by atoms with Gasteiger partial charge in [0.2, 0.25) is 0 Å². The van der Waals surface area contributed by atoms with Crippen molar-refractivity contribution < 1.29 is 4.79 Å². The van der Waals surface area contributed by atoms with Gasteiger partial charge in [0, 0.05) is 19.8 Å². The minimum absolute atomic E-state index is 0.146. The molecule has 0 aliphatic heterocycles. The van der Waals surface area contributed by atoms with Crippen LogP contribution in [0, 0.1) is 24.3 Å². The van der Waals surface area contributed by atoms with E-state index in [4.69, 9.17) is 11.6 Å². The molecule has 0 aliphatic rings. The highest BCUT2D eigenvalue weighted by atomic mass is 127. The predicted octanol–water partition coefficient (Wildman–Crippen LogP) is 5.12. The van der Waals surface area contributed by atoms with Gasteiger partial charge in [0.25, 0.3) is 5.91 Å². The molecule has 1 amide bonds. The summed E-state index contributed by atoms with van der Waals surface area (Å²) in [5, 5.41) is 3.52. The quantitative estimate of drug-likeness (QED) is 0.698. The molecular formula is C16H15ClINO. The fraction of sp³-hybridized carbons (Fsp3) is 0.188. The summed E-state index contributed by atoms with van der Waals surface area (Å²) < 4.78 is 1.22. The van der Waals surface area contributed by atoms with Crippen LogP contribution in [0.3, 0.4) is 0 Å². The molecule has 0 heterocycles. The number of hydrogen-bond donors (Lipinski definition) is 1. The first-order valence-electron chi connectivity index (χ1n) is 6.22. The Morgan fingerprint density at radius 3 is 2.20 bits per heavy atom. The van der Waals surface area contributed by atoms with Crippen molar-refractivity contribution in [2.75, 3.05) is 5.32 Å². The van der Waals surface area contributed by atoms with Gasteiger partial charge in [-0.05, 0) is 84.3 Å². The molecule has 4 heteroatoms. The van der Waals surface area contributed by atoms with Crippen LogP contribution in [-0.2, 0) is 0 Å². The largest absolute Gasteiger partial charge is 0.322 e. The highest BCUT2D eigenvalue weighted by Gasteiger charge is 2.09. The maximum atomic E-state index is 12.2. The van der Waals surface area contributed by atoms with Crippen molar-refractivity contribution in [3.63, 3.8) is 0 Å². The lowest BCUT2D eigenvalue weighted by Gasteiger charge is -2.10. The van der Waals surface area contributed by atoms with E-state index in [9.17, 15) is 4.79 Å². The van der Waals surface area contributed by atoms with Crippen LogP contribution in [0.25, 0.3) is 0 Å². The van der Waals surface area contributed by atoms with Gasteiger partial charge in [-0.2, -0.15) is 0 Å². The van der Waals surface area contributed by atoms with Crippen molar-refractivity contribution in [1.29, 1.82) is 0 Å². The van der Waals surface area contributed by atoms with Gasteiger partial charge < -0.3 is 5.32 Å². The molecule has 0 radical (unpaired) electrons. The molecule has 2 nitrogen and oxygen atoms in total. The second-order valence-electron chi connectivity index (χ2n) is 4.84. The van der Waals surface area contributed by atoms with Crippen molar-refractivity contribution in [2.24, 2.45) is 0 Å². The monoisotopic (exact) mass is 399 g/mol. The number of halogens is 2. The first-order chi connectivity index (χ1) is 9.38. The van der Waals surface area contributed by atoms with Crippen LogP contribution in [0.15, 0.2) is 30.3 Å². The molecule has 0 saturated heterocycles. The summed E-state index contributed by atoms with van der Waals surface area (Å²) in [6.45, 7) is 5.98. The maximum absolute atomic E-state index is 12.2. The Morgan fingerprint density at radius 1 is 1.05 bits per heavy atom. The van der Waals surface area contributed by atoms with Crippen LogP contribution >= 0.6 is 34.2 Å². The molecule has 0 bridgehead atoms. The number of carbonyl (C=O) groups excluding carboxylic acids is 1. The van der Waals surface area contributed by atoms with Gasteiger partial charge >= 0.3 is 0 Å². The fourth-order valence-corrected chi connectivity index (χ4v) is 2.45. The topological polar surface area (TPSA) is 29.1 Å². The van der Waals surface area contributed by atoms with E-state index in [0.29, 0.717) is 10.6 Å². The molecule has 0 fully saturated rings. The highest BCUT2D eigenvalue weighted by molar-refractivity contribution is 14.1. The number of amides is 1. The van der Waals surface area contributed by atoms with Crippen molar-refractivity contribution in [3.8, 4) is 0 Å². The zero-order valence-corrected chi connectivity index (χ0v) is 14.5. The van der Waals surface area contributed by atoms with Gasteiger partial charge in [0.05, 0.1) is 0 Å². The van der Waals surface area contributed by atoms with E-state index in [-0.39, 0.29) is 5.91 Å². The first kappa shape index (κ1) is 15.3. The lowest BCUT2D eigenvalue weighted by Crippen LogP contribution is -2.12. The summed E-state index contributed by atoms with van der Waals surface area (Å²) >= 11 is 8.36. The summed E-state index contributed by atoms with van der Waals surface area (Å²) in [7, 11) is 0. The minimum Gasteiger partial charge on any atom is -0.322 e. The molecule has 0 unspecified atom stereocenters. The zero-order valence-electron chi connectivity index (χ0n) is 11.6. The number of carbonyl (C=O) groups is 1. The molecule has 2 aromatic rings. The molecule has 1 N–H and O–H groups in total. The maximum Gasteiger partial charge on any atom is 0.255 e. The Morgan fingerprint density at radius 2 is 1.65 bits per heavy atom. The molecule has 2 aromatic carbocycles. The average Bonchev–Trinajstić information content (AvgIpc) is 2.39. The standard InChI is InChI=1S/C16H15ClINO/c1-9-4-5-12(8-14(9)17)16(20)19-13-6-10(2)15(18)11(3)7-13/h4-8H,1-3H3,(H,19,20). The van der Waals surface area contributed by atoms with E-state index in [1.807, 2.05) is 39.0 Å². The van der Waals surface area contributed by atoms with Gasteiger partial charge in [-0.1, -0.05) is 17.7 Å². The lowest BCUT2D eigenvalue weighted by atomic mass is 10.1. The number of nitrogens with one attached hydrogen (secondary N) is 1. The third-order valence-electron chi connectivity index (χ3n) is 3.13. The molecule has 2 rings (SSSR count). The molecule has 0 atom stereocenters. The Bertz CT molecular complexity index is 659. The van der Waals surface area contributed by atoms with E-state index in [1.54, 1.807) is 12.1 Å². The Hall–Kier alpha value is -1.07. The first-order valence-corrected chi connectivity index (χ1v) is 7.68. The SMILES string of the molecule is Cc1ccc(C(=O)Nc2cc(C)c(I)c(C)c2)cc1Cl. The molecule has 104 valence electrons. The Balaban J connectivity index is 2.25.